The number of pyridine rings is 1. The van der Waals surface area contributed by atoms with Crippen LogP contribution in [0.5, 0.6) is 0 Å². The number of amides is 1. The van der Waals surface area contributed by atoms with E-state index in [1.807, 2.05) is 6.20 Å². The van der Waals surface area contributed by atoms with Crippen molar-refractivity contribution in [2.45, 2.75) is 38.9 Å². The fraction of sp³-hybridized carbons (Fsp3) is 0.304. The molecule has 27 heavy (non-hydrogen) atoms. The number of aromatic nitrogens is 1. The Kier molecular flexibility index (Phi) is 5.16. The fourth-order valence-electron chi connectivity index (χ4n) is 3.89. The van der Waals surface area contributed by atoms with Crippen LogP contribution in [0.4, 0.5) is 0 Å². The number of carbonyl (C=O) groups is 1. The second-order valence-corrected chi connectivity index (χ2v) is 7.31. The Balaban J connectivity index is 1.47. The van der Waals surface area contributed by atoms with Gasteiger partial charge in [-0.25, -0.2) is 0 Å². The Bertz CT molecular complexity index is 936. The molecule has 1 saturated heterocycles. The lowest BCUT2D eigenvalue weighted by Gasteiger charge is -2.24. The van der Waals surface area contributed by atoms with E-state index in [1.54, 1.807) is 0 Å². The molecule has 0 radical (unpaired) electrons. The zero-order valence-electron chi connectivity index (χ0n) is 15.7. The number of nitrogens with zero attached hydrogens (tertiary/aromatic N) is 2. The smallest absolute Gasteiger partial charge is 0.217 e. The Hall–Kier alpha value is -2.72. The molecule has 1 aliphatic rings. The first kappa shape index (κ1) is 17.7. The number of nitrogens with one attached hydrogen (secondary N) is 1. The molecule has 1 fully saturated rings. The highest BCUT2D eigenvalue weighted by Crippen LogP contribution is 2.32. The third kappa shape index (κ3) is 4.17. The average Bonchev–Trinajstić information content (AvgIpc) is 3.15. The molecule has 1 N–H and O–H groups in total. The first-order valence-electron chi connectivity index (χ1n) is 9.60. The molecule has 4 rings (SSSR count). The van der Waals surface area contributed by atoms with E-state index in [0.717, 1.165) is 30.8 Å². The zero-order valence-corrected chi connectivity index (χ0v) is 15.7. The quantitative estimate of drug-likeness (QED) is 0.742. The molecule has 2 aromatic carbocycles. The highest BCUT2D eigenvalue weighted by molar-refractivity contribution is 5.82. The third-order valence-corrected chi connectivity index (χ3v) is 5.29. The summed E-state index contributed by atoms with van der Waals surface area (Å²) < 4.78 is 0. The molecule has 1 atom stereocenters. The Morgan fingerprint density at radius 2 is 1.93 bits per heavy atom. The second-order valence-electron chi connectivity index (χ2n) is 7.31. The van der Waals surface area contributed by atoms with E-state index in [2.05, 4.69) is 69.8 Å². The minimum atomic E-state index is -0.0172. The number of likely N-dealkylation sites (tertiary alicyclic amines) is 1. The van der Waals surface area contributed by atoms with E-state index in [0.29, 0.717) is 12.6 Å². The highest BCUT2D eigenvalue weighted by atomic mass is 16.1. The van der Waals surface area contributed by atoms with Crippen LogP contribution in [0.15, 0.2) is 60.8 Å². The molecule has 1 amide bonds. The minimum absolute atomic E-state index is 0.0172. The molecule has 3 aromatic rings. The van der Waals surface area contributed by atoms with Gasteiger partial charge in [-0.2, -0.15) is 0 Å². The first-order valence-corrected chi connectivity index (χ1v) is 9.60. The molecule has 0 saturated carbocycles. The number of fused-ring (bicyclic) bond motifs is 1. The number of benzene rings is 2. The van der Waals surface area contributed by atoms with Gasteiger partial charge >= 0.3 is 0 Å². The third-order valence-electron chi connectivity index (χ3n) is 5.29. The molecule has 4 heteroatoms. The summed E-state index contributed by atoms with van der Waals surface area (Å²) in [5, 5.41) is 5.40. The van der Waals surface area contributed by atoms with Gasteiger partial charge in [-0.1, -0.05) is 42.5 Å². The standard InChI is InChI=1S/C23H25N3O/c1-17(27)24-14-19-9-11-22(25-15-19)23-7-4-12-26(23)16-18-8-10-20-5-2-3-6-21(20)13-18/h2-3,5-6,8-11,13,15,23H,4,7,12,14,16H2,1H3,(H,24,27). The Morgan fingerprint density at radius 1 is 1.11 bits per heavy atom. The predicted molar refractivity (Wildman–Crippen MR) is 108 cm³/mol. The van der Waals surface area contributed by atoms with Crippen molar-refractivity contribution in [1.82, 2.24) is 15.2 Å². The highest BCUT2D eigenvalue weighted by Gasteiger charge is 2.27. The van der Waals surface area contributed by atoms with Gasteiger partial charge in [-0.05, 0) is 53.4 Å². The molecule has 0 spiro atoms. The van der Waals surface area contributed by atoms with Crippen LogP contribution in [-0.2, 0) is 17.9 Å². The molecular weight excluding hydrogens is 334 g/mol. The van der Waals surface area contributed by atoms with Gasteiger partial charge in [0.05, 0.1) is 11.7 Å². The molecule has 2 heterocycles. The molecule has 1 aliphatic heterocycles. The van der Waals surface area contributed by atoms with Crippen molar-refractivity contribution in [3.05, 3.63) is 77.6 Å². The maximum absolute atomic E-state index is 11.1. The zero-order chi connectivity index (χ0) is 18.6. The van der Waals surface area contributed by atoms with Crippen LogP contribution in [-0.4, -0.2) is 22.3 Å². The van der Waals surface area contributed by atoms with Crippen LogP contribution in [0.2, 0.25) is 0 Å². The molecule has 4 nitrogen and oxygen atoms in total. The van der Waals surface area contributed by atoms with Gasteiger partial charge in [0.15, 0.2) is 0 Å². The van der Waals surface area contributed by atoms with Crippen molar-refractivity contribution in [3.63, 3.8) is 0 Å². The van der Waals surface area contributed by atoms with Crippen LogP contribution in [0.1, 0.15) is 42.6 Å². The van der Waals surface area contributed by atoms with E-state index in [1.165, 1.54) is 29.7 Å². The SMILES string of the molecule is CC(=O)NCc1ccc(C2CCCN2Cc2ccc3ccccc3c2)nc1. The van der Waals surface area contributed by atoms with E-state index < -0.39 is 0 Å². The van der Waals surface area contributed by atoms with Crippen molar-refractivity contribution < 1.29 is 4.79 Å². The van der Waals surface area contributed by atoms with Crippen molar-refractivity contribution in [2.24, 2.45) is 0 Å². The minimum Gasteiger partial charge on any atom is -0.352 e. The molecule has 0 bridgehead atoms. The van der Waals surface area contributed by atoms with Gasteiger partial charge in [0, 0.05) is 26.2 Å². The normalized spacial score (nSPS) is 17.3. The van der Waals surface area contributed by atoms with Gasteiger partial charge in [0.1, 0.15) is 0 Å². The summed E-state index contributed by atoms with van der Waals surface area (Å²) in [6.45, 7) is 4.12. The molecule has 1 unspecified atom stereocenters. The molecule has 1 aromatic heterocycles. The van der Waals surface area contributed by atoms with Crippen LogP contribution < -0.4 is 5.32 Å². The summed E-state index contributed by atoms with van der Waals surface area (Å²) in [5.41, 5.74) is 3.51. The van der Waals surface area contributed by atoms with E-state index >= 15 is 0 Å². The lowest BCUT2D eigenvalue weighted by atomic mass is 10.1. The molecule has 0 aliphatic carbocycles. The molecular formula is C23H25N3O. The van der Waals surface area contributed by atoms with Crippen LogP contribution in [0, 0.1) is 0 Å². The van der Waals surface area contributed by atoms with Crippen molar-refractivity contribution in [1.29, 1.82) is 0 Å². The summed E-state index contributed by atoms with van der Waals surface area (Å²) in [6.07, 6.45) is 4.23. The fourth-order valence-corrected chi connectivity index (χ4v) is 3.89. The Labute approximate surface area is 160 Å². The summed E-state index contributed by atoms with van der Waals surface area (Å²) in [5.74, 6) is -0.0172. The van der Waals surface area contributed by atoms with Crippen LogP contribution in [0.3, 0.4) is 0 Å². The van der Waals surface area contributed by atoms with E-state index in [-0.39, 0.29) is 5.91 Å². The maximum atomic E-state index is 11.1. The average molecular weight is 359 g/mol. The first-order chi connectivity index (χ1) is 13.2. The number of hydrogen-bond acceptors (Lipinski definition) is 3. The second kappa shape index (κ2) is 7.89. The number of hydrogen-bond donors (Lipinski definition) is 1. The lowest BCUT2D eigenvalue weighted by Crippen LogP contribution is -2.23. The van der Waals surface area contributed by atoms with E-state index in [9.17, 15) is 4.79 Å². The largest absolute Gasteiger partial charge is 0.352 e. The monoisotopic (exact) mass is 359 g/mol. The predicted octanol–water partition coefficient (Wildman–Crippen LogP) is 4.21. The molecule has 138 valence electrons. The van der Waals surface area contributed by atoms with Crippen molar-refractivity contribution in [3.8, 4) is 0 Å². The lowest BCUT2D eigenvalue weighted by molar-refractivity contribution is -0.119. The summed E-state index contributed by atoms with van der Waals surface area (Å²) in [6, 6.07) is 19.8. The summed E-state index contributed by atoms with van der Waals surface area (Å²) in [4.78, 5) is 18.3. The van der Waals surface area contributed by atoms with Crippen LogP contribution in [0.25, 0.3) is 10.8 Å². The van der Waals surface area contributed by atoms with Gasteiger partial charge in [0.2, 0.25) is 5.91 Å². The van der Waals surface area contributed by atoms with Gasteiger partial charge in [-0.15, -0.1) is 0 Å². The van der Waals surface area contributed by atoms with Gasteiger partial charge < -0.3 is 5.32 Å². The van der Waals surface area contributed by atoms with Gasteiger partial charge in [-0.3, -0.25) is 14.7 Å². The van der Waals surface area contributed by atoms with Crippen molar-refractivity contribution in [2.75, 3.05) is 6.54 Å². The number of rotatable bonds is 5. The summed E-state index contributed by atoms with van der Waals surface area (Å²) >= 11 is 0. The maximum Gasteiger partial charge on any atom is 0.217 e. The topological polar surface area (TPSA) is 45.2 Å². The summed E-state index contributed by atoms with van der Waals surface area (Å²) in [7, 11) is 0. The number of carbonyl (C=O) groups excluding carboxylic acids is 1. The van der Waals surface area contributed by atoms with Crippen molar-refractivity contribution >= 4 is 16.7 Å². The Morgan fingerprint density at radius 3 is 2.70 bits per heavy atom. The van der Waals surface area contributed by atoms with Crippen LogP contribution >= 0.6 is 0 Å². The van der Waals surface area contributed by atoms with E-state index in [4.69, 9.17) is 0 Å². The van der Waals surface area contributed by atoms with Gasteiger partial charge in [0.25, 0.3) is 0 Å².